The van der Waals surface area contributed by atoms with E-state index in [1.807, 2.05) is 0 Å². The SMILES string of the molecule is Nc1ccc(S(N)(=O)=O)c(N=NCc2ccccc2O)c1. The molecule has 2 rings (SSSR count). The van der Waals surface area contributed by atoms with Crippen molar-refractivity contribution in [3.8, 4) is 5.75 Å². The summed E-state index contributed by atoms with van der Waals surface area (Å²) in [6, 6.07) is 10.7. The fourth-order valence-electron chi connectivity index (χ4n) is 1.69. The molecule has 0 aliphatic carbocycles. The van der Waals surface area contributed by atoms with E-state index in [9.17, 15) is 13.5 Å². The van der Waals surface area contributed by atoms with Crippen molar-refractivity contribution in [2.24, 2.45) is 15.4 Å². The molecule has 8 heteroatoms. The zero-order valence-corrected chi connectivity index (χ0v) is 11.8. The maximum absolute atomic E-state index is 11.4. The summed E-state index contributed by atoms with van der Waals surface area (Å²) in [4.78, 5) is -0.155. The fraction of sp³-hybridized carbons (Fsp3) is 0.0769. The minimum absolute atomic E-state index is 0.0629. The Balaban J connectivity index is 2.29. The summed E-state index contributed by atoms with van der Waals surface area (Å²) in [6.45, 7) is 0.103. The molecule has 0 heterocycles. The molecule has 2 aromatic carbocycles. The third-order valence-electron chi connectivity index (χ3n) is 2.70. The van der Waals surface area contributed by atoms with Crippen molar-refractivity contribution < 1.29 is 13.5 Å². The molecule has 110 valence electrons. The Kier molecular flexibility index (Phi) is 4.20. The second kappa shape index (κ2) is 5.90. The van der Waals surface area contributed by atoms with Crippen LogP contribution in [0.3, 0.4) is 0 Å². The molecule has 0 amide bonds. The van der Waals surface area contributed by atoms with E-state index >= 15 is 0 Å². The van der Waals surface area contributed by atoms with Crippen molar-refractivity contribution in [1.82, 2.24) is 0 Å². The van der Waals surface area contributed by atoms with E-state index in [1.54, 1.807) is 18.2 Å². The van der Waals surface area contributed by atoms with Gasteiger partial charge in [-0.05, 0) is 24.3 Å². The third-order valence-corrected chi connectivity index (χ3v) is 3.66. The molecule has 0 unspecified atom stereocenters. The number of nitrogens with zero attached hydrogens (tertiary/aromatic N) is 2. The average Bonchev–Trinajstić information content (AvgIpc) is 2.39. The molecule has 7 nitrogen and oxygen atoms in total. The van der Waals surface area contributed by atoms with Crippen LogP contribution in [-0.4, -0.2) is 13.5 Å². The maximum atomic E-state index is 11.4. The highest BCUT2D eigenvalue weighted by Gasteiger charge is 2.14. The minimum atomic E-state index is -3.91. The molecule has 0 bridgehead atoms. The van der Waals surface area contributed by atoms with Crippen LogP contribution in [0.4, 0.5) is 11.4 Å². The molecule has 0 saturated carbocycles. The average molecular weight is 306 g/mol. The van der Waals surface area contributed by atoms with E-state index in [0.717, 1.165) is 0 Å². The van der Waals surface area contributed by atoms with Crippen molar-refractivity contribution in [1.29, 1.82) is 0 Å². The lowest BCUT2D eigenvalue weighted by Crippen LogP contribution is -2.12. The number of phenolic OH excluding ortho intramolecular Hbond substituents is 1. The summed E-state index contributed by atoms with van der Waals surface area (Å²) >= 11 is 0. The van der Waals surface area contributed by atoms with Crippen molar-refractivity contribution in [2.75, 3.05) is 5.73 Å². The molecule has 5 N–H and O–H groups in total. The number of hydrogen-bond acceptors (Lipinski definition) is 6. The van der Waals surface area contributed by atoms with E-state index in [-0.39, 0.29) is 22.9 Å². The standard InChI is InChI=1S/C13H14N4O3S/c14-10-5-6-13(21(15,19)20)11(7-10)17-16-8-9-3-1-2-4-12(9)18/h1-7,18H,8,14H2,(H2,15,19,20). The van der Waals surface area contributed by atoms with Gasteiger partial charge in [-0.1, -0.05) is 18.2 Å². The van der Waals surface area contributed by atoms with Gasteiger partial charge >= 0.3 is 0 Å². The first-order valence-corrected chi connectivity index (χ1v) is 7.49. The van der Waals surface area contributed by atoms with Gasteiger partial charge in [0.05, 0.1) is 6.54 Å². The molecule has 21 heavy (non-hydrogen) atoms. The molecule has 0 aromatic heterocycles. The lowest BCUT2D eigenvalue weighted by molar-refractivity contribution is 0.468. The highest BCUT2D eigenvalue weighted by Crippen LogP contribution is 2.26. The number of aromatic hydroxyl groups is 1. The van der Waals surface area contributed by atoms with Crippen LogP contribution in [0.2, 0.25) is 0 Å². The lowest BCUT2D eigenvalue weighted by Gasteiger charge is -2.04. The van der Waals surface area contributed by atoms with Gasteiger partial charge < -0.3 is 10.8 Å². The number of rotatable bonds is 4. The predicted octanol–water partition coefficient (Wildman–Crippen LogP) is 1.91. The van der Waals surface area contributed by atoms with E-state index < -0.39 is 10.0 Å². The van der Waals surface area contributed by atoms with Gasteiger partial charge in [-0.2, -0.15) is 10.2 Å². The number of nitrogens with two attached hydrogens (primary N) is 2. The summed E-state index contributed by atoms with van der Waals surface area (Å²) in [5, 5.41) is 22.4. The third kappa shape index (κ3) is 3.77. The number of benzene rings is 2. The monoisotopic (exact) mass is 306 g/mol. The number of anilines is 1. The molecule has 0 aliphatic heterocycles. The first kappa shape index (κ1) is 14.9. The molecule has 0 aliphatic rings. The molecule has 0 saturated heterocycles. The number of para-hydroxylation sites is 1. The summed E-state index contributed by atoms with van der Waals surface area (Å²) in [5.41, 5.74) is 6.58. The van der Waals surface area contributed by atoms with E-state index in [2.05, 4.69) is 10.2 Å². The van der Waals surface area contributed by atoms with Crippen molar-refractivity contribution in [3.63, 3.8) is 0 Å². The minimum Gasteiger partial charge on any atom is -0.508 e. The van der Waals surface area contributed by atoms with Crippen LogP contribution in [0.25, 0.3) is 0 Å². The zero-order valence-electron chi connectivity index (χ0n) is 11.0. The second-order valence-corrected chi connectivity index (χ2v) is 5.83. The number of phenols is 1. The van der Waals surface area contributed by atoms with Crippen LogP contribution in [0.15, 0.2) is 57.6 Å². The Labute approximate surface area is 122 Å². The van der Waals surface area contributed by atoms with Crippen LogP contribution >= 0.6 is 0 Å². The summed E-state index contributed by atoms with van der Waals surface area (Å²) < 4.78 is 22.9. The van der Waals surface area contributed by atoms with Crippen LogP contribution in [0, 0.1) is 0 Å². The molecule has 0 fully saturated rings. The fourth-order valence-corrected chi connectivity index (χ4v) is 2.33. The number of nitrogen functional groups attached to an aromatic ring is 1. The first-order chi connectivity index (χ1) is 9.88. The summed E-state index contributed by atoms with van der Waals surface area (Å²) in [7, 11) is -3.91. The van der Waals surface area contributed by atoms with E-state index in [4.69, 9.17) is 10.9 Å². The largest absolute Gasteiger partial charge is 0.508 e. The number of azo groups is 1. The predicted molar refractivity (Wildman–Crippen MR) is 78.6 cm³/mol. The molecule has 0 radical (unpaired) electrons. The number of sulfonamides is 1. The normalized spacial score (nSPS) is 11.9. The number of hydrogen-bond donors (Lipinski definition) is 3. The Hall–Kier alpha value is -2.45. The van der Waals surface area contributed by atoms with Crippen LogP contribution in [0.5, 0.6) is 5.75 Å². The van der Waals surface area contributed by atoms with Gasteiger partial charge in [0.15, 0.2) is 0 Å². The topological polar surface area (TPSA) is 131 Å². The van der Waals surface area contributed by atoms with E-state index in [1.165, 1.54) is 24.3 Å². The quantitative estimate of drug-likeness (QED) is 0.588. The van der Waals surface area contributed by atoms with Crippen molar-refractivity contribution in [3.05, 3.63) is 48.0 Å². The summed E-state index contributed by atoms with van der Waals surface area (Å²) in [6.07, 6.45) is 0. The van der Waals surface area contributed by atoms with Gasteiger partial charge in [-0.15, -0.1) is 0 Å². The molecule has 0 spiro atoms. The Bertz CT molecular complexity index is 788. The second-order valence-electron chi connectivity index (χ2n) is 4.30. The van der Waals surface area contributed by atoms with Gasteiger partial charge in [-0.25, -0.2) is 13.6 Å². The number of primary sulfonamides is 1. The van der Waals surface area contributed by atoms with Gasteiger partial charge in [0, 0.05) is 11.3 Å². The zero-order chi connectivity index (χ0) is 15.5. The Morgan fingerprint density at radius 3 is 2.52 bits per heavy atom. The molecule has 0 atom stereocenters. The van der Waals surface area contributed by atoms with E-state index in [0.29, 0.717) is 11.3 Å². The maximum Gasteiger partial charge on any atom is 0.240 e. The molecular formula is C13H14N4O3S. The van der Waals surface area contributed by atoms with Crippen LogP contribution in [0.1, 0.15) is 5.56 Å². The smallest absolute Gasteiger partial charge is 0.240 e. The van der Waals surface area contributed by atoms with Gasteiger partial charge in [0.2, 0.25) is 10.0 Å². The van der Waals surface area contributed by atoms with Gasteiger partial charge in [0.1, 0.15) is 16.3 Å². The first-order valence-electron chi connectivity index (χ1n) is 5.94. The summed E-state index contributed by atoms with van der Waals surface area (Å²) in [5.74, 6) is 0.0932. The Morgan fingerprint density at radius 1 is 1.14 bits per heavy atom. The Morgan fingerprint density at radius 2 is 1.86 bits per heavy atom. The van der Waals surface area contributed by atoms with Gasteiger partial charge in [0.25, 0.3) is 0 Å². The lowest BCUT2D eigenvalue weighted by atomic mass is 10.2. The van der Waals surface area contributed by atoms with Gasteiger partial charge in [-0.3, -0.25) is 0 Å². The molecule has 2 aromatic rings. The molecular weight excluding hydrogens is 292 g/mol. The highest BCUT2D eigenvalue weighted by atomic mass is 32.2. The van der Waals surface area contributed by atoms with Crippen LogP contribution in [-0.2, 0) is 16.6 Å². The van der Waals surface area contributed by atoms with Crippen molar-refractivity contribution >= 4 is 21.4 Å². The highest BCUT2D eigenvalue weighted by molar-refractivity contribution is 7.89. The van der Waals surface area contributed by atoms with Crippen molar-refractivity contribution in [2.45, 2.75) is 11.4 Å². The van der Waals surface area contributed by atoms with Crippen LogP contribution < -0.4 is 10.9 Å².